The van der Waals surface area contributed by atoms with E-state index in [0.717, 1.165) is 6.07 Å². The summed E-state index contributed by atoms with van der Waals surface area (Å²) in [5.74, 6) is -0.0744. The molecular weight excluding hydrogens is 289 g/mol. The van der Waals surface area contributed by atoms with Crippen LogP contribution in [0.25, 0.3) is 0 Å². The number of anilines is 1. The van der Waals surface area contributed by atoms with Gasteiger partial charge in [0, 0.05) is 25.3 Å². The molecule has 2 heterocycles. The molecule has 1 aliphatic heterocycles. The van der Waals surface area contributed by atoms with Crippen molar-refractivity contribution in [2.75, 3.05) is 18.0 Å². The van der Waals surface area contributed by atoms with E-state index in [1.807, 2.05) is 0 Å². The average molecular weight is 304 g/mol. The van der Waals surface area contributed by atoms with Gasteiger partial charge >= 0.3 is 12.3 Å². The Morgan fingerprint density at radius 3 is 2.62 bits per heavy atom. The van der Waals surface area contributed by atoms with Crippen LogP contribution in [0.15, 0.2) is 18.3 Å². The maximum absolute atomic E-state index is 12.9. The van der Waals surface area contributed by atoms with Gasteiger partial charge in [0.2, 0.25) is 0 Å². The van der Waals surface area contributed by atoms with Gasteiger partial charge in [0.25, 0.3) is 0 Å². The first-order chi connectivity index (χ1) is 9.88. The Labute approximate surface area is 118 Å². The van der Waals surface area contributed by atoms with Crippen molar-refractivity contribution in [3.63, 3.8) is 0 Å². The predicted octanol–water partition coefficient (Wildman–Crippen LogP) is 1.84. The van der Waals surface area contributed by atoms with Gasteiger partial charge in [0.15, 0.2) is 0 Å². The van der Waals surface area contributed by atoms with Crippen molar-refractivity contribution in [1.82, 2.24) is 15.8 Å². The summed E-state index contributed by atoms with van der Waals surface area (Å²) in [4.78, 5) is 15.8. The average Bonchev–Trinajstić information content (AvgIpc) is 2.45. The van der Waals surface area contributed by atoms with E-state index in [4.69, 9.17) is 5.11 Å². The molecule has 21 heavy (non-hydrogen) atoms. The maximum Gasteiger partial charge on any atom is 0.419 e. The number of hydrazine groups is 1. The molecule has 1 saturated heterocycles. The van der Waals surface area contributed by atoms with Crippen molar-refractivity contribution < 1.29 is 23.1 Å². The van der Waals surface area contributed by atoms with Crippen LogP contribution < -0.4 is 15.8 Å². The number of amides is 1. The first-order valence-electron chi connectivity index (χ1n) is 6.39. The SMILES string of the molecule is O=C(O)NNC1CCN(c2ncccc2C(F)(F)F)CC1. The summed E-state index contributed by atoms with van der Waals surface area (Å²) < 4.78 is 38.8. The van der Waals surface area contributed by atoms with Crippen LogP contribution in [0.1, 0.15) is 18.4 Å². The van der Waals surface area contributed by atoms with Crippen molar-refractivity contribution in [2.45, 2.75) is 25.1 Å². The molecule has 0 radical (unpaired) electrons. The molecule has 0 atom stereocenters. The molecule has 1 amide bonds. The lowest BCUT2D eigenvalue weighted by Gasteiger charge is -2.34. The Balaban J connectivity index is 2.01. The second-order valence-corrected chi connectivity index (χ2v) is 4.71. The summed E-state index contributed by atoms with van der Waals surface area (Å²) in [6.45, 7) is 0.748. The molecule has 1 aliphatic rings. The van der Waals surface area contributed by atoms with Crippen LogP contribution in [0.3, 0.4) is 0 Å². The lowest BCUT2D eigenvalue weighted by atomic mass is 10.1. The Morgan fingerprint density at radius 1 is 1.38 bits per heavy atom. The van der Waals surface area contributed by atoms with Crippen LogP contribution >= 0.6 is 0 Å². The Bertz CT molecular complexity index is 502. The molecule has 0 bridgehead atoms. The minimum atomic E-state index is -4.44. The van der Waals surface area contributed by atoms with E-state index in [2.05, 4.69) is 15.8 Å². The number of carboxylic acid groups (broad SMARTS) is 1. The third kappa shape index (κ3) is 3.97. The van der Waals surface area contributed by atoms with E-state index in [9.17, 15) is 18.0 Å². The number of nitrogens with one attached hydrogen (secondary N) is 2. The molecule has 1 aromatic heterocycles. The first kappa shape index (κ1) is 15.4. The lowest BCUT2D eigenvalue weighted by Crippen LogP contribution is -2.49. The number of hydrogen-bond acceptors (Lipinski definition) is 4. The predicted molar refractivity (Wildman–Crippen MR) is 68.8 cm³/mol. The number of nitrogens with zero attached hydrogens (tertiary/aromatic N) is 2. The number of hydrogen-bond donors (Lipinski definition) is 3. The van der Waals surface area contributed by atoms with Gasteiger partial charge in [0.05, 0.1) is 5.56 Å². The topological polar surface area (TPSA) is 77.5 Å². The monoisotopic (exact) mass is 304 g/mol. The third-order valence-electron chi connectivity index (χ3n) is 3.27. The zero-order valence-corrected chi connectivity index (χ0v) is 11.0. The van der Waals surface area contributed by atoms with Gasteiger partial charge in [-0.1, -0.05) is 0 Å². The highest BCUT2D eigenvalue weighted by Gasteiger charge is 2.36. The zero-order valence-electron chi connectivity index (χ0n) is 11.0. The second kappa shape index (κ2) is 6.17. The van der Waals surface area contributed by atoms with E-state index in [0.29, 0.717) is 25.9 Å². The van der Waals surface area contributed by atoms with Crippen LogP contribution in [0.2, 0.25) is 0 Å². The number of pyridine rings is 1. The molecule has 0 saturated carbocycles. The molecule has 1 aromatic rings. The van der Waals surface area contributed by atoms with Crippen molar-refractivity contribution in [1.29, 1.82) is 0 Å². The molecule has 0 aromatic carbocycles. The summed E-state index contributed by atoms with van der Waals surface area (Å²) in [5, 5.41) is 8.48. The van der Waals surface area contributed by atoms with E-state index >= 15 is 0 Å². The van der Waals surface area contributed by atoms with Gasteiger partial charge in [-0.25, -0.2) is 15.2 Å². The van der Waals surface area contributed by atoms with Crippen molar-refractivity contribution in [2.24, 2.45) is 0 Å². The number of halogens is 3. The van der Waals surface area contributed by atoms with Crippen LogP contribution in [0.5, 0.6) is 0 Å². The van der Waals surface area contributed by atoms with E-state index < -0.39 is 17.8 Å². The van der Waals surface area contributed by atoms with E-state index in [-0.39, 0.29) is 11.9 Å². The fourth-order valence-electron chi connectivity index (χ4n) is 2.27. The summed E-state index contributed by atoms with van der Waals surface area (Å²) in [7, 11) is 0. The smallest absolute Gasteiger partial charge is 0.419 e. The standard InChI is InChI=1S/C12H15F3N4O2/c13-12(14,15)9-2-1-5-16-10(9)19-6-3-8(4-7-19)17-18-11(20)21/h1-2,5,8,17-18H,3-4,6-7H2,(H,20,21). The summed E-state index contributed by atoms with van der Waals surface area (Å²) in [6.07, 6.45) is -3.26. The lowest BCUT2D eigenvalue weighted by molar-refractivity contribution is -0.137. The molecule has 0 aliphatic carbocycles. The summed E-state index contributed by atoms with van der Waals surface area (Å²) in [6, 6.07) is 2.17. The summed E-state index contributed by atoms with van der Waals surface area (Å²) in [5.41, 5.74) is 3.93. The molecule has 6 nitrogen and oxygen atoms in total. The quantitative estimate of drug-likeness (QED) is 0.743. The van der Waals surface area contributed by atoms with Gasteiger partial charge in [0.1, 0.15) is 5.82 Å². The maximum atomic E-state index is 12.9. The van der Waals surface area contributed by atoms with E-state index in [1.165, 1.54) is 12.3 Å². The molecule has 1 fully saturated rings. The molecule has 116 valence electrons. The Morgan fingerprint density at radius 2 is 2.05 bits per heavy atom. The van der Waals surface area contributed by atoms with Crippen LogP contribution in [0.4, 0.5) is 23.8 Å². The van der Waals surface area contributed by atoms with Gasteiger partial charge < -0.3 is 10.0 Å². The molecule has 9 heteroatoms. The third-order valence-corrected chi connectivity index (χ3v) is 3.27. The normalized spacial score (nSPS) is 16.8. The molecule has 0 spiro atoms. The van der Waals surface area contributed by atoms with Gasteiger partial charge in [-0.3, -0.25) is 5.43 Å². The van der Waals surface area contributed by atoms with Crippen molar-refractivity contribution >= 4 is 11.9 Å². The van der Waals surface area contributed by atoms with Crippen LogP contribution in [-0.2, 0) is 6.18 Å². The molecule has 0 unspecified atom stereocenters. The molecular formula is C12H15F3N4O2. The molecule has 2 rings (SSSR count). The first-order valence-corrected chi connectivity index (χ1v) is 6.39. The number of rotatable bonds is 3. The zero-order chi connectivity index (χ0) is 15.5. The van der Waals surface area contributed by atoms with Crippen LogP contribution in [-0.4, -0.2) is 35.3 Å². The fourth-order valence-corrected chi connectivity index (χ4v) is 2.27. The van der Waals surface area contributed by atoms with Crippen LogP contribution in [0, 0.1) is 0 Å². The molecule has 3 N–H and O–H groups in total. The van der Waals surface area contributed by atoms with Gasteiger partial charge in [-0.15, -0.1) is 0 Å². The highest BCUT2D eigenvalue weighted by Crippen LogP contribution is 2.35. The Kier molecular flexibility index (Phi) is 4.51. The Hall–Kier alpha value is -2.03. The number of piperidine rings is 1. The second-order valence-electron chi connectivity index (χ2n) is 4.71. The highest BCUT2D eigenvalue weighted by molar-refractivity contribution is 5.63. The fraction of sp³-hybridized carbons (Fsp3) is 0.500. The minimum absolute atomic E-state index is 0.0744. The number of aromatic nitrogens is 1. The van der Waals surface area contributed by atoms with E-state index in [1.54, 1.807) is 4.90 Å². The highest BCUT2D eigenvalue weighted by atomic mass is 19.4. The number of carbonyl (C=O) groups is 1. The minimum Gasteiger partial charge on any atom is -0.464 e. The number of alkyl halides is 3. The largest absolute Gasteiger partial charge is 0.464 e. The van der Waals surface area contributed by atoms with Gasteiger partial charge in [-0.05, 0) is 25.0 Å². The van der Waals surface area contributed by atoms with Crippen molar-refractivity contribution in [3.8, 4) is 0 Å². The van der Waals surface area contributed by atoms with Crippen molar-refractivity contribution in [3.05, 3.63) is 23.9 Å². The van der Waals surface area contributed by atoms with Gasteiger partial charge in [-0.2, -0.15) is 13.2 Å². The summed E-state index contributed by atoms with van der Waals surface area (Å²) >= 11 is 0.